The standard InChI is InChI=1S/C15H14BrN3O3/c16-11-7-5-10(6-8-11)13(9-18-19(21)22)15(20)12-3-1-2-4-14(12)17/h1-8,13,18H,9,17H2. The van der Waals surface area contributed by atoms with Crippen molar-refractivity contribution < 1.29 is 9.83 Å². The summed E-state index contributed by atoms with van der Waals surface area (Å²) in [7, 11) is 0. The van der Waals surface area contributed by atoms with Gasteiger partial charge in [-0.05, 0) is 29.8 Å². The van der Waals surface area contributed by atoms with Crippen molar-refractivity contribution >= 4 is 27.4 Å². The van der Waals surface area contributed by atoms with Crippen LogP contribution in [0.1, 0.15) is 21.8 Å². The molecule has 0 saturated carbocycles. The number of Topliss-reactive ketones (excluding diaryl/α,β-unsaturated/α-hetero) is 1. The van der Waals surface area contributed by atoms with Crippen molar-refractivity contribution in [2.75, 3.05) is 12.3 Å². The van der Waals surface area contributed by atoms with E-state index in [0.29, 0.717) is 16.8 Å². The second-order valence-corrected chi connectivity index (χ2v) is 5.59. The lowest BCUT2D eigenvalue weighted by Crippen LogP contribution is -2.31. The Hall–Kier alpha value is -2.41. The van der Waals surface area contributed by atoms with E-state index in [1.54, 1.807) is 48.5 Å². The first-order valence-corrected chi connectivity index (χ1v) is 7.30. The molecule has 0 aliphatic rings. The topological polar surface area (TPSA) is 98.3 Å². The number of nitrogens with one attached hydrogen (secondary N) is 1. The summed E-state index contributed by atoms with van der Waals surface area (Å²) in [5.41, 5.74) is 9.32. The van der Waals surface area contributed by atoms with E-state index < -0.39 is 11.0 Å². The molecule has 0 heterocycles. The Labute approximate surface area is 135 Å². The number of nitrogens with two attached hydrogens (primary N) is 1. The van der Waals surface area contributed by atoms with E-state index in [9.17, 15) is 14.9 Å². The van der Waals surface area contributed by atoms with Crippen LogP contribution in [0.2, 0.25) is 0 Å². The summed E-state index contributed by atoms with van der Waals surface area (Å²) in [4.78, 5) is 23.3. The van der Waals surface area contributed by atoms with E-state index >= 15 is 0 Å². The van der Waals surface area contributed by atoms with Gasteiger partial charge in [0, 0.05) is 15.7 Å². The highest BCUT2D eigenvalue weighted by Gasteiger charge is 2.25. The highest BCUT2D eigenvalue weighted by molar-refractivity contribution is 9.10. The van der Waals surface area contributed by atoms with E-state index in [1.165, 1.54) is 0 Å². The summed E-state index contributed by atoms with van der Waals surface area (Å²) < 4.78 is 0.865. The maximum atomic E-state index is 12.7. The van der Waals surface area contributed by atoms with E-state index in [2.05, 4.69) is 21.4 Å². The molecule has 0 amide bonds. The molecule has 0 aliphatic carbocycles. The number of hydrogen-bond acceptors (Lipinski definition) is 4. The number of nitrogen functional groups attached to an aromatic ring is 1. The fourth-order valence-electron chi connectivity index (χ4n) is 2.13. The number of hydrazine groups is 1. The molecule has 0 aromatic heterocycles. The highest BCUT2D eigenvalue weighted by atomic mass is 79.9. The minimum absolute atomic E-state index is 0.109. The summed E-state index contributed by atoms with van der Waals surface area (Å²) in [6.45, 7) is -0.109. The van der Waals surface area contributed by atoms with Crippen molar-refractivity contribution in [3.63, 3.8) is 0 Å². The Morgan fingerprint density at radius 3 is 2.45 bits per heavy atom. The van der Waals surface area contributed by atoms with Crippen LogP contribution in [0.25, 0.3) is 0 Å². The van der Waals surface area contributed by atoms with Crippen LogP contribution < -0.4 is 11.2 Å². The van der Waals surface area contributed by atoms with Crippen LogP contribution in [-0.2, 0) is 0 Å². The summed E-state index contributed by atoms with van der Waals surface area (Å²) >= 11 is 3.32. The largest absolute Gasteiger partial charge is 0.398 e. The van der Waals surface area contributed by atoms with E-state index in [0.717, 1.165) is 4.47 Å². The molecule has 2 aromatic rings. The normalized spacial score (nSPS) is 11.7. The van der Waals surface area contributed by atoms with Crippen LogP contribution in [0.5, 0.6) is 0 Å². The summed E-state index contributed by atoms with van der Waals surface area (Å²) in [5, 5.41) is 9.91. The van der Waals surface area contributed by atoms with Gasteiger partial charge in [-0.25, -0.2) is 10.1 Å². The molecule has 0 bridgehead atoms. The monoisotopic (exact) mass is 363 g/mol. The lowest BCUT2D eigenvalue weighted by atomic mass is 9.90. The van der Waals surface area contributed by atoms with Crippen LogP contribution >= 0.6 is 15.9 Å². The number of ketones is 1. The average molecular weight is 364 g/mol. The summed E-state index contributed by atoms with van der Waals surface area (Å²) in [6.07, 6.45) is 0. The fourth-order valence-corrected chi connectivity index (χ4v) is 2.40. The number of hydrogen-bond donors (Lipinski definition) is 2. The molecule has 0 radical (unpaired) electrons. The Morgan fingerprint density at radius 1 is 1.23 bits per heavy atom. The number of nitrogens with zero attached hydrogens (tertiary/aromatic N) is 1. The maximum absolute atomic E-state index is 12.7. The molecule has 6 nitrogen and oxygen atoms in total. The zero-order chi connectivity index (χ0) is 16.1. The van der Waals surface area contributed by atoms with Gasteiger partial charge in [0.15, 0.2) is 10.8 Å². The smallest absolute Gasteiger partial charge is 0.174 e. The Morgan fingerprint density at radius 2 is 1.86 bits per heavy atom. The van der Waals surface area contributed by atoms with Crippen molar-refractivity contribution in [3.8, 4) is 0 Å². The summed E-state index contributed by atoms with van der Waals surface area (Å²) in [5.74, 6) is -0.946. The third-order valence-electron chi connectivity index (χ3n) is 3.24. The van der Waals surface area contributed by atoms with Gasteiger partial charge in [0.05, 0.1) is 12.5 Å². The first-order chi connectivity index (χ1) is 10.5. The molecule has 1 unspecified atom stereocenters. The van der Waals surface area contributed by atoms with Gasteiger partial charge in [0.1, 0.15) is 0 Å². The van der Waals surface area contributed by atoms with Crippen molar-refractivity contribution in [1.29, 1.82) is 0 Å². The zero-order valence-electron chi connectivity index (χ0n) is 11.5. The molecular formula is C15H14BrN3O3. The van der Waals surface area contributed by atoms with Crippen molar-refractivity contribution in [2.24, 2.45) is 0 Å². The van der Waals surface area contributed by atoms with Gasteiger partial charge >= 0.3 is 0 Å². The Kier molecular flexibility index (Phi) is 5.11. The molecule has 3 N–H and O–H groups in total. The molecule has 7 heteroatoms. The molecule has 0 aliphatic heterocycles. The summed E-state index contributed by atoms with van der Waals surface area (Å²) in [6, 6.07) is 13.8. The second kappa shape index (κ2) is 7.04. The van der Waals surface area contributed by atoms with Crippen LogP contribution in [0.15, 0.2) is 53.0 Å². The number of anilines is 1. The first-order valence-electron chi connectivity index (χ1n) is 6.51. The SMILES string of the molecule is Nc1ccccc1C(=O)C(CN[N+](=O)[O-])c1ccc(Br)cc1. The first kappa shape index (κ1) is 16.0. The van der Waals surface area contributed by atoms with Crippen LogP contribution in [0.3, 0.4) is 0 Å². The zero-order valence-corrected chi connectivity index (χ0v) is 13.1. The van der Waals surface area contributed by atoms with Crippen LogP contribution in [0, 0.1) is 10.1 Å². The second-order valence-electron chi connectivity index (χ2n) is 4.67. The van der Waals surface area contributed by atoms with E-state index in [-0.39, 0.29) is 12.3 Å². The third-order valence-corrected chi connectivity index (χ3v) is 3.77. The van der Waals surface area contributed by atoms with Gasteiger partial charge < -0.3 is 5.73 Å². The van der Waals surface area contributed by atoms with Crippen LogP contribution in [-0.4, -0.2) is 17.4 Å². The molecule has 1 atom stereocenters. The minimum atomic E-state index is -0.691. The number of para-hydroxylation sites is 1. The predicted octanol–water partition coefficient (Wildman–Crippen LogP) is 2.78. The highest BCUT2D eigenvalue weighted by Crippen LogP contribution is 2.25. The minimum Gasteiger partial charge on any atom is -0.398 e. The Balaban J connectivity index is 2.35. The van der Waals surface area contributed by atoms with Gasteiger partial charge in [-0.3, -0.25) is 4.79 Å². The Bertz CT molecular complexity index is 689. The number of benzene rings is 2. The van der Waals surface area contributed by atoms with Gasteiger partial charge in [0.25, 0.3) is 0 Å². The average Bonchev–Trinajstić information content (AvgIpc) is 2.49. The van der Waals surface area contributed by atoms with Crippen molar-refractivity contribution in [1.82, 2.24) is 5.43 Å². The predicted molar refractivity (Wildman–Crippen MR) is 87.1 cm³/mol. The molecule has 0 saturated heterocycles. The van der Waals surface area contributed by atoms with Crippen molar-refractivity contribution in [2.45, 2.75) is 5.92 Å². The van der Waals surface area contributed by atoms with E-state index in [4.69, 9.17) is 5.73 Å². The lowest BCUT2D eigenvalue weighted by molar-refractivity contribution is -0.544. The third kappa shape index (κ3) is 3.82. The molecule has 114 valence electrons. The molecular weight excluding hydrogens is 350 g/mol. The molecule has 0 fully saturated rings. The van der Waals surface area contributed by atoms with Gasteiger partial charge in [0.2, 0.25) is 0 Å². The number of halogens is 1. The van der Waals surface area contributed by atoms with Gasteiger partial charge in [-0.15, -0.1) is 5.43 Å². The van der Waals surface area contributed by atoms with Crippen molar-refractivity contribution in [3.05, 3.63) is 74.2 Å². The number of carbonyl (C=O) groups is 1. The molecule has 22 heavy (non-hydrogen) atoms. The van der Waals surface area contributed by atoms with Crippen LogP contribution in [0.4, 0.5) is 5.69 Å². The molecule has 2 aromatic carbocycles. The fraction of sp³-hybridized carbons (Fsp3) is 0.133. The van der Waals surface area contributed by atoms with Gasteiger partial charge in [-0.1, -0.05) is 40.2 Å². The number of nitro groups is 1. The number of rotatable bonds is 6. The number of carbonyl (C=O) groups excluding carboxylic acids is 1. The molecule has 2 rings (SSSR count). The molecule has 0 spiro atoms. The maximum Gasteiger partial charge on any atom is 0.174 e. The lowest BCUT2D eigenvalue weighted by Gasteiger charge is -2.16. The quantitative estimate of drug-likeness (QED) is 0.356. The van der Waals surface area contributed by atoms with Gasteiger partial charge in [-0.2, -0.15) is 0 Å². The van der Waals surface area contributed by atoms with E-state index in [1.807, 2.05) is 0 Å².